The molecule has 0 amide bonds. The van der Waals surface area contributed by atoms with Crippen molar-refractivity contribution in [3.8, 4) is 0 Å². The molecule has 1 N–H and O–H groups in total. The summed E-state index contributed by atoms with van der Waals surface area (Å²) in [5.41, 5.74) is 0.985. The standard InChI is InChI=1S/C14H15BrFN3S/c1-3-11-13(15)14(17-2)19-12(18-11)8-20-10-6-4-9(16)5-7-10/h4-7H,3,8H2,1-2H3,(H,17,18,19). The van der Waals surface area contributed by atoms with Gasteiger partial charge in [-0.05, 0) is 46.6 Å². The molecular weight excluding hydrogens is 341 g/mol. The van der Waals surface area contributed by atoms with Gasteiger partial charge in [-0.3, -0.25) is 0 Å². The van der Waals surface area contributed by atoms with Crippen molar-refractivity contribution in [2.75, 3.05) is 12.4 Å². The Kier molecular flexibility index (Phi) is 5.37. The predicted molar refractivity (Wildman–Crippen MR) is 84.6 cm³/mol. The summed E-state index contributed by atoms with van der Waals surface area (Å²) in [6.45, 7) is 2.06. The minimum Gasteiger partial charge on any atom is -0.372 e. The summed E-state index contributed by atoms with van der Waals surface area (Å²) in [6.07, 6.45) is 0.839. The van der Waals surface area contributed by atoms with Gasteiger partial charge in [-0.25, -0.2) is 14.4 Å². The molecule has 0 spiro atoms. The molecule has 0 unspecified atom stereocenters. The molecule has 1 heterocycles. The fraction of sp³-hybridized carbons (Fsp3) is 0.286. The van der Waals surface area contributed by atoms with Crippen molar-refractivity contribution < 1.29 is 4.39 Å². The van der Waals surface area contributed by atoms with Crippen LogP contribution < -0.4 is 5.32 Å². The van der Waals surface area contributed by atoms with Crippen molar-refractivity contribution >= 4 is 33.5 Å². The maximum Gasteiger partial charge on any atom is 0.144 e. The van der Waals surface area contributed by atoms with Crippen LogP contribution in [0.5, 0.6) is 0 Å². The molecule has 3 nitrogen and oxygen atoms in total. The molecule has 20 heavy (non-hydrogen) atoms. The number of anilines is 1. The SMILES string of the molecule is CCc1nc(CSc2ccc(F)cc2)nc(NC)c1Br. The van der Waals surface area contributed by atoms with Crippen molar-refractivity contribution in [2.24, 2.45) is 0 Å². The summed E-state index contributed by atoms with van der Waals surface area (Å²) in [7, 11) is 1.84. The molecule has 2 rings (SSSR count). The zero-order valence-corrected chi connectivity index (χ0v) is 13.7. The van der Waals surface area contributed by atoms with Gasteiger partial charge in [0.1, 0.15) is 17.5 Å². The predicted octanol–water partition coefficient (Wildman–Crippen LogP) is 4.27. The molecule has 2 aromatic rings. The third-order valence-corrected chi connectivity index (χ3v) is 4.56. The lowest BCUT2D eigenvalue weighted by Crippen LogP contribution is -2.04. The van der Waals surface area contributed by atoms with E-state index in [1.54, 1.807) is 23.9 Å². The Hall–Kier alpha value is -1.14. The van der Waals surface area contributed by atoms with Gasteiger partial charge in [0.2, 0.25) is 0 Å². The Labute approximate surface area is 130 Å². The third-order valence-electron chi connectivity index (χ3n) is 2.72. The van der Waals surface area contributed by atoms with Gasteiger partial charge in [0.15, 0.2) is 0 Å². The zero-order chi connectivity index (χ0) is 14.5. The van der Waals surface area contributed by atoms with Gasteiger partial charge in [0, 0.05) is 11.9 Å². The number of rotatable bonds is 5. The van der Waals surface area contributed by atoms with Crippen molar-refractivity contribution in [2.45, 2.75) is 24.0 Å². The van der Waals surface area contributed by atoms with Crippen LogP contribution in [0.3, 0.4) is 0 Å². The van der Waals surface area contributed by atoms with Gasteiger partial charge >= 0.3 is 0 Å². The third kappa shape index (κ3) is 3.70. The smallest absolute Gasteiger partial charge is 0.144 e. The average Bonchev–Trinajstić information content (AvgIpc) is 2.47. The van der Waals surface area contributed by atoms with Gasteiger partial charge < -0.3 is 5.32 Å². The van der Waals surface area contributed by atoms with Crippen LogP contribution in [-0.2, 0) is 12.2 Å². The molecular formula is C14H15BrFN3S. The molecule has 0 aliphatic carbocycles. The second kappa shape index (κ2) is 7.04. The number of benzene rings is 1. The molecule has 1 aromatic carbocycles. The number of aryl methyl sites for hydroxylation is 1. The van der Waals surface area contributed by atoms with Crippen LogP contribution in [0.25, 0.3) is 0 Å². The molecule has 0 atom stereocenters. The number of thioether (sulfide) groups is 1. The highest BCUT2D eigenvalue weighted by Crippen LogP contribution is 2.27. The maximum atomic E-state index is 12.8. The van der Waals surface area contributed by atoms with Crippen molar-refractivity contribution in [3.05, 3.63) is 46.1 Å². The Bertz CT molecular complexity index is 564. The largest absolute Gasteiger partial charge is 0.372 e. The normalized spacial score (nSPS) is 10.6. The van der Waals surface area contributed by atoms with Crippen LogP contribution in [0.15, 0.2) is 33.6 Å². The minimum absolute atomic E-state index is 0.222. The first kappa shape index (κ1) is 15.3. The fourth-order valence-electron chi connectivity index (χ4n) is 1.69. The van der Waals surface area contributed by atoms with E-state index in [0.717, 1.165) is 33.1 Å². The lowest BCUT2D eigenvalue weighted by molar-refractivity contribution is 0.626. The Balaban J connectivity index is 2.14. The number of nitrogens with zero attached hydrogens (tertiary/aromatic N) is 2. The van der Waals surface area contributed by atoms with E-state index in [0.29, 0.717) is 5.75 Å². The van der Waals surface area contributed by atoms with Crippen LogP contribution in [0.4, 0.5) is 10.2 Å². The molecule has 1 aromatic heterocycles. The second-order valence-corrected chi connectivity index (χ2v) is 5.94. The molecule has 106 valence electrons. The van der Waals surface area contributed by atoms with Crippen LogP contribution in [0.1, 0.15) is 18.4 Å². The lowest BCUT2D eigenvalue weighted by Gasteiger charge is -2.09. The van der Waals surface area contributed by atoms with E-state index in [2.05, 4.69) is 38.1 Å². The summed E-state index contributed by atoms with van der Waals surface area (Å²) in [4.78, 5) is 10.0. The van der Waals surface area contributed by atoms with Crippen LogP contribution >= 0.6 is 27.7 Å². The lowest BCUT2D eigenvalue weighted by atomic mass is 10.3. The summed E-state index contributed by atoms with van der Waals surface area (Å²) in [6, 6.07) is 6.44. The number of aromatic nitrogens is 2. The van der Waals surface area contributed by atoms with E-state index >= 15 is 0 Å². The van der Waals surface area contributed by atoms with E-state index < -0.39 is 0 Å². The zero-order valence-electron chi connectivity index (χ0n) is 11.3. The van der Waals surface area contributed by atoms with E-state index in [1.165, 1.54) is 12.1 Å². The number of hydrogen-bond acceptors (Lipinski definition) is 4. The van der Waals surface area contributed by atoms with Crippen LogP contribution in [0, 0.1) is 5.82 Å². The van der Waals surface area contributed by atoms with E-state index in [1.807, 2.05) is 7.05 Å². The number of hydrogen-bond donors (Lipinski definition) is 1. The summed E-state index contributed by atoms with van der Waals surface area (Å²) in [5, 5.41) is 3.06. The second-order valence-electron chi connectivity index (χ2n) is 4.10. The monoisotopic (exact) mass is 355 g/mol. The first-order valence-corrected chi connectivity index (χ1v) is 8.03. The van der Waals surface area contributed by atoms with Crippen molar-refractivity contribution in [1.29, 1.82) is 0 Å². The topological polar surface area (TPSA) is 37.8 Å². The molecule has 0 saturated heterocycles. The van der Waals surface area contributed by atoms with Crippen LogP contribution in [-0.4, -0.2) is 17.0 Å². The van der Waals surface area contributed by atoms with Gasteiger partial charge in [-0.15, -0.1) is 11.8 Å². The van der Waals surface area contributed by atoms with E-state index in [-0.39, 0.29) is 5.82 Å². The molecule has 0 aliphatic rings. The summed E-state index contributed by atoms with van der Waals surface area (Å²) < 4.78 is 13.8. The van der Waals surface area contributed by atoms with E-state index in [9.17, 15) is 4.39 Å². The Morgan fingerprint density at radius 2 is 1.95 bits per heavy atom. The van der Waals surface area contributed by atoms with Gasteiger partial charge in [0.25, 0.3) is 0 Å². The molecule has 0 fully saturated rings. The Morgan fingerprint density at radius 3 is 2.55 bits per heavy atom. The summed E-state index contributed by atoms with van der Waals surface area (Å²) >= 11 is 5.10. The first-order valence-electron chi connectivity index (χ1n) is 6.25. The Morgan fingerprint density at radius 1 is 1.25 bits per heavy atom. The number of halogens is 2. The molecule has 6 heteroatoms. The highest BCUT2D eigenvalue weighted by atomic mass is 79.9. The quantitative estimate of drug-likeness (QED) is 0.812. The number of nitrogens with one attached hydrogen (secondary N) is 1. The first-order chi connectivity index (χ1) is 9.63. The summed E-state index contributed by atoms with van der Waals surface area (Å²) in [5.74, 6) is 2.00. The van der Waals surface area contributed by atoms with E-state index in [4.69, 9.17) is 0 Å². The molecule has 0 aliphatic heterocycles. The minimum atomic E-state index is -0.222. The van der Waals surface area contributed by atoms with Crippen molar-refractivity contribution in [3.63, 3.8) is 0 Å². The van der Waals surface area contributed by atoms with Crippen LogP contribution in [0.2, 0.25) is 0 Å². The fourth-order valence-corrected chi connectivity index (χ4v) is 3.10. The van der Waals surface area contributed by atoms with Crippen molar-refractivity contribution in [1.82, 2.24) is 9.97 Å². The highest BCUT2D eigenvalue weighted by Gasteiger charge is 2.10. The average molecular weight is 356 g/mol. The highest BCUT2D eigenvalue weighted by molar-refractivity contribution is 9.10. The van der Waals surface area contributed by atoms with Gasteiger partial charge in [-0.2, -0.15) is 0 Å². The van der Waals surface area contributed by atoms with Gasteiger partial charge in [-0.1, -0.05) is 6.92 Å². The molecule has 0 bridgehead atoms. The maximum absolute atomic E-state index is 12.8. The molecule has 0 saturated carbocycles. The van der Waals surface area contributed by atoms with Gasteiger partial charge in [0.05, 0.1) is 15.9 Å². The molecule has 0 radical (unpaired) electrons.